The second kappa shape index (κ2) is 6.40. The molecule has 1 aliphatic rings. The highest BCUT2D eigenvalue weighted by Gasteiger charge is 2.47. The summed E-state index contributed by atoms with van der Waals surface area (Å²) in [5, 5.41) is 14.1. The van der Waals surface area contributed by atoms with Crippen molar-refractivity contribution in [1.29, 1.82) is 0 Å². The maximum Gasteiger partial charge on any atom is 0.261 e. The first-order chi connectivity index (χ1) is 11.4. The Hall–Kier alpha value is -2.14. The first kappa shape index (κ1) is 16.7. The number of ketones is 1. The number of halogens is 2. The Bertz CT molecular complexity index is 863. The Balaban J connectivity index is 1.83. The zero-order valence-electron chi connectivity index (χ0n) is 12.4. The van der Waals surface area contributed by atoms with Gasteiger partial charge >= 0.3 is 0 Å². The highest BCUT2D eigenvalue weighted by Crippen LogP contribution is 2.42. The fraction of sp³-hybridized carbons (Fsp3) is 0.111. The highest BCUT2D eigenvalue weighted by atomic mass is 35.5. The van der Waals surface area contributed by atoms with Crippen LogP contribution in [0.4, 0.5) is 5.69 Å². The number of amides is 1. The molecule has 2 aromatic carbocycles. The molecule has 1 amide bonds. The van der Waals surface area contributed by atoms with Crippen molar-refractivity contribution in [1.82, 2.24) is 0 Å². The monoisotopic (exact) mass is 361 g/mol. The van der Waals surface area contributed by atoms with Crippen LogP contribution in [-0.2, 0) is 15.2 Å². The number of aliphatic hydroxyl groups is 1. The number of carbonyl (C=O) groups excluding carboxylic acids is 2. The molecule has 6 heteroatoms. The van der Waals surface area contributed by atoms with Crippen molar-refractivity contribution in [3.8, 4) is 0 Å². The average molecular weight is 362 g/mol. The van der Waals surface area contributed by atoms with Crippen molar-refractivity contribution in [2.75, 3.05) is 5.32 Å². The maximum absolute atomic E-state index is 12.2. The van der Waals surface area contributed by atoms with Gasteiger partial charge in [-0.1, -0.05) is 47.5 Å². The lowest BCUT2D eigenvalue weighted by molar-refractivity contribution is -0.138. The summed E-state index contributed by atoms with van der Waals surface area (Å²) in [6, 6.07) is 11.8. The number of fused-ring (bicyclic) bond motifs is 1. The Morgan fingerprint density at radius 2 is 1.96 bits per heavy atom. The lowest BCUT2D eigenvalue weighted by Crippen LogP contribution is -2.36. The second-order valence-electron chi connectivity index (χ2n) is 5.51. The van der Waals surface area contributed by atoms with Crippen LogP contribution in [0.2, 0.25) is 10.0 Å². The Morgan fingerprint density at radius 3 is 2.71 bits per heavy atom. The quantitative estimate of drug-likeness (QED) is 0.813. The number of benzene rings is 2. The molecule has 0 aliphatic carbocycles. The zero-order chi connectivity index (χ0) is 17.3. The molecular formula is C18H13Cl2NO3. The number of allylic oxidation sites excluding steroid dienone is 1. The largest absolute Gasteiger partial charge is 0.375 e. The molecule has 2 aromatic rings. The summed E-state index contributed by atoms with van der Waals surface area (Å²) in [5.41, 5.74) is -0.566. The van der Waals surface area contributed by atoms with E-state index in [1.54, 1.807) is 48.5 Å². The minimum absolute atomic E-state index is 0.236. The molecule has 0 radical (unpaired) electrons. The fourth-order valence-corrected chi connectivity index (χ4v) is 3.20. The summed E-state index contributed by atoms with van der Waals surface area (Å²) >= 11 is 12.0. The molecule has 0 spiro atoms. The van der Waals surface area contributed by atoms with Crippen LogP contribution in [0.3, 0.4) is 0 Å². The summed E-state index contributed by atoms with van der Waals surface area (Å²) in [4.78, 5) is 24.4. The number of hydrogen-bond acceptors (Lipinski definition) is 3. The third-order valence-electron chi connectivity index (χ3n) is 3.79. The molecule has 4 nitrogen and oxygen atoms in total. The molecule has 1 heterocycles. The fourth-order valence-electron chi connectivity index (χ4n) is 2.67. The standard InChI is InChI=1S/C18H13Cl2NO3/c19-12-4-1-3-11(9-12)7-8-13(22)10-18(24)16-14(20)5-2-6-15(16)21-17(18)23/h1-9,24H,10H2,(H,21,23)/b8-7+/t18-/m1/s1. The SMILES string of the molecule is O=C(/C=C/c1cccc(Cl)c1)C[C@]1(O)C(=O)Nc2cccc(Cl)c21. The van der Waals surface area contributed by atoms with E-state index >= 15 is 0 Å². The Labute approximate surface area is 148 Å². The van der Waals surface area contributed by atoms with Crippen molar-refractivity contribution in [3.63, 3.8) is 0 Å². The number of anilines is 1. The van der Waals surface area contributed by atoms with Gasteiger partial charge in [0.05, 0.1) is 6.42 Å². The number of rotatable bonds is 4. The van der Waals surface area contributed by atoms with E-state index < -0.39 is 23.7 Å². The van der Waals surface area contributed by atoms with Crippen LogP contribution in [0.1, 0.15) is 17.5 Å². The van der Waals surface area contributed by atoms with Gasteiger partial charge in [0, 0.05) is 21.3 Å². The van der Waals surface area contributed by atoms with Gasteiger partial charge in [-0.05, 0) is 35.9 Å². The third-order valence-corrected chi connectivity index (χ3v) is 4.34. The van der Waals surface area contributed by atoms with Crippen LogP contribution in [0.5, 0.6) is 0 Å². The molecule has 0 saturated heterocycles. The predicted octanol–water partition coefficient (Wildman–Crippen LogP) is 3.81. The van der Waals surface area contributed by atoms with E-state index in [9.17, 15) is 14.7 Å². The predicted molar refractivity (Wildman–Crippen MR) is 94.1 cm³/mol. The van der Waals surface area contributed by atoms with Crippen molar-refractivity contribution >= 4 is 46.7 Å². The molecular weight excluding hydrogens is 349 g/mol. The molecule has 0 unspecified atom stereocenters. The maximum atomic E-state index is 12.2. The Kier molecular flexibility index (Phi) is 4.45. The van der Waals surface area contributed by atoms with Crippen molar-refractivity contribution in [2.45, 2.75) is 12.0 Å². The van der Waals surface area contributed by atoms with Gasteiger partial charge in [-0.15, -0.1) is 0 Å². The van der Waals surface area contributed by atoms with Gasteiger partial charge in [-0.3, -0.25) is 9.59 Å². The van der Waals surface area contributed by atoms with Crippen LogP contribution in [0.15, 0.2) is 48.5 Å². The summed E-state index contributed by atoms with van der Waals surface area (Å²) in [5.74, 6) is -1.06. The van der Waals surface area contributed by atoms with Crippen LogP contribution in [0.25, 0.3) is 6.08 Å². The minimum atomic E-state index is -1.97. The topological polar surface area (TPSA) is 66.4 Å². The summed E-state index contributed by atoms with van der Waals surface area (Å²) < 4.78 is 0. The van der Waals surface area contributed by atoms with Crippen LogP contribution in [-0.4, -0.2) is 16.8 Å². The number of carbonyl (C=O) groups is 2. The lowest BCUT2D eigenvalue weighted by Gasteiger charge is -2.20. The normalized spacial score (nSPS) is 19.4. The number of nitrogens with one attached hydrogen (secondary N) is 1. The van der Waals surface area contributed by atoms with Gasteiger partial charge in [0.2, 0.25) is 0 Å². The highest BCUT2D eigenvalue weighted by molar-refractivity contribution is 6.33. The lowest BCUT2D eigenvalue weighted by atomic mass is 9.89. The van der Waals surface area contributed by atoms with Crippen LogP contribution in [0, 0.1) is 0 Å². The zero-order valence-corrected chi connectivity index (χ0v) is 13.9. The van der Waals surface area contributed by atoms with Crippen LogP contribution < -0.4 is 5.32 Å². The van der Waals surface area contributed by atoms with Gasteiger partial charge in [-0.25, -0.2) is 0 Å². The summed E-state index contributed by atoms with van der Waals surface area (Å²) in [6.45, 7) is 0. The summed E-state index contributed by atoms with van der Waals surface area (Å²) in [6.07, 6.45) is 2.50. The van der Waals surface area contributed by atoms with Crippen molar-refractivity contribution in [3.05, 3.63) is 69.7 Å². The molecule has 3 rings (SSSR count). The molecule has 0 fully saturated rings. The summed E-state index contributed by atoms with van der Waals surface area (Å²) in [7, 11) is 0. The molecule has 0 bridgehead atoms. The van der Waals surface area contributed by atoms with Crippen molar-refractivity contribution in [2.24, 2.45) is 0 Å². The van der Waals surface area contributed by atoms with Crippen LogP contribution >= 0.6 is 23.2 Å². The van der Waals surface area contributed by atoms with E-state index in [1.807, 2.05) is 0 Å². The Morgan fingerprint density at radius 1 is 1.21 bits per heavy atom. The smallest absolute Gasteiger partial charge is 0.261 e. The van der Waals surface area contributed by atoms with E-state index in [-0.39, 0.29) is 10.6 Å². The molecule has 0 saturated carbocycles. The molecule has 0 aromatic heterocycles. The van der Waals surface area contributed by atoms with Gasteiger partial charge in [0.25, 0.3) is 5.91 Å². The molecule has 1 aliphatic heterocycles. The molecule has 2 N–H and O–H groups in total. The first-order valence-electron chi connectivity index (χ1n) is 7.19. The minimum Gasteiger partial charge on any atom is -0.375 e. The van der Waals surface area contributed by atoms with E-state index in [1.165, 1.54) is 6.08 Å². The van der Waals surface area contributed by atoms with E-state index in [0.717, 1.165) is 5.56 Å². The van der Waals surface area contributed by atoms with E-state index in [2.05, 4.69) is 5.32 Å². The van der Waals surface area contributed by atoms with Crippen molar-refractivity contribution < 1.29 is 14.7 Å². The van der Waals surface area contributed by atoms with Gasteiger partial charge in [-0.2, -0.15) is 0 Å². The van der Waals surface area contributed by atoms with Gasteiger partial charge in [0.15, 0.2) is 11.4 Å². The van der Waals surface area contributed by atoms with Gasteiger partial charge < -0.3 is 10.4 Å². The molecule has 1 atom stereocenters. The number of hydrogen-bond donors (Lipinski definition) is 2. The molecule has 122 valence electrons. The second-order valence-corrected chi connectivity index (χ2v) is 6.35. The third kappa shape index (κ3) is 3.08. The van der Waals surface area contributed by atoms with E-state index in [4.69, 9.17) is 23.2 Å². The molecule has 24 heavy (non-hydrogen) atoms. The van der Waals surface area contributed by atoms with Gasteiger partial charge in [0.1, 0.15) is 0 Å². The average Bonchev–Trinajstić information content (AvgIpc) is 2.77. The first-order valence-corrected chi connectivity index (χ1v) is 7.95. The van der Waals surface area contributed by atoms with E-state index in [0.29, 0.717) is 10.7 Å².